The molecule has 0 N–H and O–H groups in total. The lowest BCUT2D eigenvalue weighted by Gasteiger charge is -2.41. The number of hydrogen-bond acceptors (Lipinski definition) is 4. The molecule has 1 aliphatic rings. The lowest BCUT2D eigenvalue weighted by atomic mass is 9.88. The standard InChI is InChI=1S/C15H18N2O3/c1-10(18)17(19-4)13-8-15(2,3)20-14-6-5-11(9-16)7-12(13)14/h5-7,13H,8H2,1-4H3. The number of fused-ring (bicyclic) bond motifs is 1. The van der Waals surface area contributed by atoms with Gasteiger partial charge in [-0.1, -0.05) is 0 Å². The van der Waals surface area contributed by atoms with Crippen LogP contribution in [0.1, 0.15) is 44.4 Å². The van der Waals surface area contributed by atoms with Crippen LogP contribution in [-0.2, 0) is 9.63 Å². The molecule has 1 aliphatic heterocycles. The van der Waals surface area contributed by atoms with E-state index in [2.05, 4.69) is 6.07 Å². The number of carbonyl (C=O) groups is 1. The summed E-state index contributed by atoms with van der Waals surface area (Å²) in [6.07, 6.45) is 0.600. The fourth-order valence-corrected chi connectivity index (χ4v) is 2.57. The predicted molar refractivity (Wildman–Crippen MR) is 72.8 cm³/mol. The fraction of sp³-hybridized carbons (Fsp3) is 0.467. The summed E-state index contributed by atoms with van der Waals surface area (Å²) < 4.78 is 5.92. The molecule has 1 aromatic rings. The average Bonchev–Trinajstić information content (AvgIpc) is 2.37. The Morgan fingerprint density at radius 1 is 1.55 bits per heavy atom. The highest BCUT2D eigenvalue weighted by atomic mass is 16.7. The van der Waals surface area contributed by atoms with E-state index in [0.29, 0.717) is 17.7 Å². The van der Waals surface area contributed by atoms with E-state index in [4.69, 9.17) is 14.8 Å². The highest BCUT2D eigenvalue weighted by Gasteiger charge is 2.38. The molecule has 1 atom stereocenters. The smallest absolute Gasteiger partial charge is 0.243 e. The summed E-state index contributed by atoms with van der Waals surface area (Å²) in [6, 6.07) is 7.08. The Labute approximate surface area is 118 Å². The van der Waals surface area contributed by atoms with Crippen LogP contribution in [0.4, 0.5) is 0 Å². The zero-order valence-corrected chi connectivity index (χ0v) is 12.1. The maximum Gasteiger partial charge on any atom is 0.243 e. The van der Waals surface area contributed by atoms with E-state index in [1.807, 2.05) is 13.8 Å². The van der Waals surface area contributed by atoms with Crippen LogP contribution in [0.5, 0.6) is 5.75 Å². The molecule has 0 saturated carbocycles. The van der Waals surface area contributed by atoms with Crippen LogP contribution in [0.3, 0.4) is 0 Å². The zero-order chi connectivity index (χ0) is 14.9. The number of carbonyl (C=O) groups excluding carboxylic acids is 1. The summed E-state index contributed by atoms with van der Waals surface area (Å²) in [5, 5.41) is 10.4. The van der Waals surface area contributed by atoms with Gasteiger partial charge in [-0.3, -0.25) is 9.63 Å². The molecule has 0 aliphatic carbocycles. The number of hydrogen-bond donors (Lipinski definition) is 0. The number of amides is 1. The molecule has 0 fully saturated rings. The maximum absolute atomic E-state index is 11.7. The van der Waals surface area contributed by atoms with Gasteiger partial charge in [0.2, 0.25) is 5.91 Å². The molecule has 5 nitrogen and oxygen atoms in total. The highest BCUT2D eigenvalue weighted by molar-refractivity contribution is 5.73. The van der Waals surface area contributed by atoms with Gasteiger partial charge in [0.1, 0.15) is 11.4 Å². The summed E-state index contributed by atoms with van der Waals surface area (Å²) in [5.41, 5.74) is 0.940. The quantitative estimate of drug-likeness (QED) is 0.778. The van der Waals surface area contributed by atoms with Crippen LogP contribution < -0.4 is 4.74 Å². The first-order valence-corrected chi connectivity index (χ1v) is 6.45. The Balaban J connectivity index is 2.53. The van der Waals surface area contributed by atoms with Gasteiger partial charge in [0.15, 0.2) is 0 Å². The van der Waals surface area contributed by atoms with Gasteiger partial charge in [-0.05, 0) is 32.0 Å². The van der Waals surface area contributed by atoms with Crippen molar-refractivity contribution in [3.8, 4) is 11.8 Å². The van der Waals surface area contributed by atoms with Gasteiger partial charge in [0.25, 0.3) is 0 Å². The number of rotatable bonds is 2. The van der Waals surface area contributed by atoms with Gasteiger partial charge >= 0.3 is 0 Å². The van der Waals surface area contributed by atoms with Crippen molar-refractivity contribution in [3.05, 3.63) is 29.3 Å². The van der Waals surface area contributed by atoms with Gasteiger partial charge < -0.3 is 4.74 Å². The second kappa shape index (κ2) is 5.14. The number of ether oxygens (including phenoxy) is 1. The van der Waals surface area contributed by atoms with E-state index >= 15 is 0 Å². The third kappa shape index (κ3) is 2.61. The molecule has 0 saturated heterocycles. The largest absolute Gasteiger partial charge is 0.487 e. The summed E-state index contributed by atoms with van der Waals surface area (Å²) in [4.78, 5) is 17.0. The van der Waals surface area contributed by atoms with Crippen LogP contribution in [-0.4, -0.2) is 23.7 Å². The number of hydroxylamine groups is 2. The SMILES string of the molecule is CON(C(C)=O)C1CC(C)(C)Oc2ccc(C#N)cc21. The van der Waals surface area contributed by atoms with Crippen molar-refractivity contribution in [2.75, 3.05) is 7.11 Å². The molecule has 2 rings (SSSR count). The van der Waals surface area contributed by atoms with Gasteiger partial charge in [-0.15, -0.1) is 0 Å². The highest BCUT2D eigenvalue weighted by Crippen LogP contribution is 2.42. The second-order valence-electron chi connectivity index (χ2n) is 5.47. The first-order valence-electron chi connectivity index (χ1n) is 6.45. The Morgan fingerprint density at radius 2 is 2.25 bits per heavy atom. The first kappa shape index (κ1) is 14.4. The molecule has 1 heterocycles. The third-order valence-corrected chi connectivity index (χ3v) is 3.36. The molecule has 1 aromatic carbocycles. The fourth-order valence-electron chi connectivity index (χ4n) is 2.57. The van der Waals surface area contributed by atoms with Crippen LogP contribution in [0.2, 0.25) is 0 Å². The molecule has 0 aromatic heterocycles. The molecule has 0 spiro atoms. The molecule has 5 heteroatoms. The zero-order valence-electron chi connectivity index (χ0n) is 12.1. The Hall–Kier alpha value is -2.06. The molecule has 0 bridgehead atoms. The van der Waals surface area contributed by atoms with Gasteiger partial charge in [0.05, 0.1) is 24.8 Å². The van der Waals surface area contributed by atoms with Gasteiger partial charge in [0, 0.05) is 18.9 Å². The maximum atomic E-state index is 11.7. The van der Waals surface area contributed by atoms with Crippen molar-refractivity contribution in [1.29, 1.82) is 5.26 Å². The molecule has 1 unspecified atom stereocenters. The van der Waals surface area contributed by atoms with E-state index < -0.39 is 5.60 Å². The van der Waals surface area contributed by atoms with Crippen molar-refractivity contribution >= 4 is 5.91 Å². The van der Waals surface area contributed by atoms with Crippen molar-refractivity contribution in [2.45, 2.75) is 38.8 Å². The Kier molecular flexibility index (Phi) is 3.69. The van der Waals surface area contributed by atoms with Gasteiger partial charge in [-0.2, -0.15) is 5.26 Å². The predicted octanol–water partition coefficient (Wildman–Crippen LogP) is 2.57. The minimum absolute atomic E-state index is 0.177. The van der Waals surface area contributed by atoms with Crippen molar-refractivity contribution in [2.24, 2.45) is 0 Å². The lowest BCUT2D eigenvalue weighted by molar-refractivity contribution is -0.194. The molecule has 1 amide bonds. The number of nitrogens with zero attached hydrogens (tertiary/aromatic N) is 2. The summed E-state index contributed by atoms with van der Waals surface area (Å²) in [6.45, 7) is 5.39. The third-order valence-electron chi connectivity index (χ3n) is 3.36. The van der Waals surface area contributed by atoms with Crippen molar-refractivity contribution < 1.29 is 14.4 Å². The van der Waals surface area contributed by atoms with Crippen LogP contribution in [0, 0.1) is 11.3 Å². The van der Waals surface area contributed by atoms with Gasteiger partial charge in [-0.25, -0.2) is 5.06 Å². The van der Waals surface area contributed by atoms with E-state index in [0.717, 1.165) is 5.56 Å². The van der Waals surface area contributed by atoms with Crippen molar-refractivity contribution in [1.82, 2.24) is 5.06 Å². The van der Waals surface area contributed by atoms with Crippen molar-refractivity contribution in [3.63, 3.8) is 0 Å². The van der Waals surface area contributed by atoms with Crippen LogP contribution in [0.25, 0.3) is 0 Å². The Bertz CT molecular complexity index is 575. The minimum atomic E-state index is -0.405. The summed E-state index contributed by atoms with van der Waals surface area (Å²) >= 11 is 0. The van der Waals surface area contributed by atoms with E-state index in [9.17, 15) is 4.79 Å². The normalized spacial score (nSPS) is 19.4. The van der Waals surface area contributed by atoms with E-state index in [1.54, 1.807) is 18.2 Å². The first-order chi connectivity index (χ1) is 9.38. The molecule has 20 heavy (non-hydrogen) atoms. The van der Waals surface area contributed by atoms with Crippen LogP contribution in [0.15, 0.2) is 18.2 Å². The lowest BCUT2D eigenvalue weighted by Crippen LogP contribution is -2.42. The molecule has 0 radical (unpaired) electrons. The monoisotopic (exact) mass is 274 g/mol. The summed E-state index contributed by atoms with van der Waals surface area (Å²) in [7, 11) is 1.47. The Morgan fingerprint density at radius 3 is 2.80 bits per heavy atom. The second-order valence-corrected chi connectivity index (χ2v) is 5.47. The molecule has 106 valence electrons. The van der Waals surface area contributed by atoms with Crippen LogP contribution >= 0.6 is 0 Å². The number of benzene rings is 1. The van der Waals surface area contributed by atoms with E-state index in [1.165, 1.54) is 19.1 Å². The molecular formula is C15H18N2O3. The topological polar surface area (TPSA) is 62.6 Å². The number of nitriles is 1. The average molecular weight is 274 g/mol. The molecular weight excluding hydrogens is 256 g/mol. The summed E-state index contributed by atoms with van der Waals surface area (Å²) in [5.74, 6) is 0.511. The van der Waals surface area contributed by atoms with E-state index in [-0.39, 0.29) is 11.9 Å². The minimum Gasteiger partial charge on any atom is -0.487 e.